The van der Waals surface area contributed by atoms with Gasteiger partial charge in [0.25, 0.3) is 0 Å². The molecular formula is C19H15N3O2. The summed E-state index contributed by atoms with van der Waals surface area (Å²) in [5.41, 5.74) is 1.21. The number of carbonyl (C=O) groups is 1. The summed E-state index contributed by atoms with van der Waals surface area (Å²) in [7, 11) is 0. The van der Waals surface area contributed by atoms with Gasteiger partial charge in [0.05, 0.1) is 0 Å². The van der Waals surface area contributed by atoms with Gasteiger partial charge in [0.15, 0.2) is 11.8 Å². The first-order valence-electron chi connectivity index (χ1n) is 7.42. The van der Waals surface area contributed by atoms with E-state index in [1.165, 1.54) is 0 Å². The van der Waals surface area contributed by atoms with Gasteiger partial charge < -0.3 is 4.74 Å². The third-order valence-corrected chi connectivity index (χ3v) is 3.41. The summed E-state index contributed by atoms with van der Waals surface area (Å²) in [5.74, 6) is 2.55. The summed E-state index contributed by atoms with van der Waals surface area (Å²) in [6.07, 6.45) is 10.3. The number of carbonyl (C=O) groups excluding carboxylic acids is 1. The van der Waals surface area contributed by atoms with Crippen LogP contribution in [0.5, 0.6) is 0 Å². The van der Waals surface area contributed by atoms with E-state index in [1.54, 1.807) is 41.5 Å². The maximum absolute atomic E-state index is 12.3. The zero-order valence-electron chi connectivity index (χ0n) is 12.9. The highest BCUT2D eigenvalue weighted by molar-refractivity contribution is 5.87. The molecule has 2 heterocycles. The van der Waals surface area contributed by atoms with Gasteiger partial charge in [-0.3, -0.25) is 4.57 Å². The molecule has 0 fully saturated rings. The van der Waals surface area contributed by atoms with Gasteiger partial charge in [-0.25, -0.2) is 14.8 Å². The Kier molecular flexibility index (Phi) is 4.68. The molecule has 5 heteroatoms. The van der Waals surface area contributed by atoms with Gasteiger partial charge in [0.1, 0.15) is 12.1 Å². The van der Waals surface area contributed by atoms with Crippen LogP contribution in [-0.4, -0.2) is 26.6 Å². The summed E-state index contributed by atoms with van der Waals surface area (Å²) in [5, 5.41) is 0. The van der Waals surface area contributed by atoms with E-state index >= 15 is 0 Å². The molecule has 5 nitrogen and oxygen atoms in total. The van der Waals surface area contributed by atoms with E-state index in [0.29, 0.717) is 12.2 Å². The van der Waals surface area contributed by atoms with Crippen molar-refractivity contribution in [2.24, 2.45) is 0 Å². The highest BCUT2D eigenvalue weighted by atomic mass is 16.5. The van der Waals surface area contributed by atoms with Crippen molar-refractivity contribution in [3.05, 3.63) is 78.5 Å². The number of nitrogens with zero attached hydrogens (tertiary/aromatic N) is 3. The normalized spacial score (nSPS) is 11.5. The third kappa shape index (κ3) is 3.68. The van der Waals surface area contributed by atoms with Gasteiger partial charge in [-0.2, -0.15) is 0 Å². The highest BCUT2D eigenvalue weighted by Gasteiger charge is 2.16. The predicted molar refractivity (Wildman–Crippen MR) is 89.5 cm³/mol. The number of aromatic nitrogens is 3. The molecule has 2 aromatic heterocycles. The van der Waals surface area contributed by atoms with E-state index in [2.05, 4.69) is 15.9 Å². The number of hydrogen-bond acceptors (Lipinski definition) is 4. The topological polar surface area (TPSA) is 57.0 Å². The summed E-state index contributed by atoms with van der Waals surface area (Å²) >= 11 is 0. The number of ether oxygens (including phenoxy) is 1. The van der Waals surface area contributed by atoms with Gasteiger partial charge in [-0.15, -0.1) is 6.42 Å². The van der Waals surface area contributed by atoms with Crippen molar-refractivity contribution < 1.29 is 9.53 Å². The zero-order chi connectivity index (χ0) is 16.8. The van der Waals surface area contributed by atoms with Crippen molar-refractivity contribution in [3.8, 4) is 18.2 Å². The predicted octanol–water partition coefficient (Wildman–Crippen LogP) is 2.67. The number of esters is 1. The molecule has 0 aliphatic rings. The molecule has 0 saturated carbocycles. The van der Waals surface area contributed by atoms with E-state index in [4.69, 9.17) is 11.2 Å². The molecule has 0 spiro atoms. The lowest BCUT2D eigenvalue weighted by atomic mass is 10.1. The molecule has 0 N–H and O–H groups in total. The van der Waals surface area contributed by atoms with Crippen molar-refractivity contribution in [2.75, 3.05) is 0 Å². The second-order valence-electron chi connectivity index (χ2n) is 5.10. The van der Waals surface area contributed by atoms with E-state index < -0.39 is 12.1 Å². The van der Waals surface area contributed by atoms with Crippen LogP contribution in [0.25, 0.3) is 5.82 Å². The largest absolute Gasteiger partial charge is 0.444 e. The van der Waals surface area contributed by atoms with Crippen molar-refractivity contribution in [3.63, 3.8) is 0 Å². The van der Waals surface area contributed by atoms with Crippen molar-refractivity contribution >= 4 is 5.97 Å². The second-order valence-corrected chi connectivity index (χ2v) is 5.10. The van der Waals surface area contributed by atoms with Crippen LogP contribution in [0.1, 0.15) is 16.1 Å². The molecular weight excluding hydrogens is 302 g/mol. The number of hydrogen-bond donors (Lipinski definition) is 0. The lowest BCUT2D eigenvalue weighted by Gasteiger charge is -2.12. The summed E-state index contributed by atoms with van der Waals surface area (Å²) in [6, 6.07) is 14.8. The number of benzene rings is 1. The Balaban J connectivity index is 1.72. The van der Waals surface area contributed by atoms with Crippen molar-refractivity contribution in [1.82, 2.24) is 14.5 Å². The van der Waals surface area contributed by atoms with Crippen LogP contribution in [0.2, 0.25) is 0 Å². The molecule has 118 valence electrons. The molecule has 0 saturated heterocycles. The van der Waals surface area contributed by atoms with Gasteiger partial charge in [0.2, 0.25) is 0 Å². The van der Waals surface area contributed by atoms with Crippen LogP contribution in [0.3, 0.4) is 0 Å². The summed E-state index contributed by atoms with van der Waals surface area (Å²) in [4.78, 5) is 20.6. The Morgan fingerprint density at radius 2 is 2.04 bits per heavy atom. The number of pyridine rings is 1. The average Bonchev–Trinajstić information content (AvgIpc) is 3.17. The maximum atomic E-state index is 12.3. The Morgan fingerprint density at radius 3 is 2.75 bits per heavy atom. The third-order valence-electron chi connectivity index (χ3n) is 3.41. The fourth-order valence-corrected chi connectivity index (χ4v) is 2.23. The molecule has 1 atom stereocenters. The standard InChI is InChI=1S/C19H15N3O2/c1-2-16(13-15-7-4-3-5-8-15)24-19(23)17-9-6-10-18(21-17)22-12-11-20-14-22/h1,3-12,14,16H,13H2/t16-/m1/s1. The van der Waals surface area contributed by atoms with E-state index in [9.17, 15) is 4.79 Å². The molecule has 0 bridgehead atoms. The van der Waals surface area contributed by atoms with Gasteiger partial charge >= 0.3 is 5.97 Å². The van der Waals surface area contributed by atoms with Crippen LogP contribution in [0.15, 0.2) is 67.3 Å². The van der Waals surface area contributed by atoms with Gasteiger partial charge in [-0.05, 0) is 17.7 Å². The minimum absolute atomic E-state index is 0.203. The van der Waals surface area contributed by atoms with E-state index in [1.807, 2.05) is 30.3 Å². The Hall–Kier alpha value is -3.39. The highest BCUT2D eigenvalue weighted by Crippen LogP contribution is 2.10. The Labute approximate surface area is 140 Å². The monoisotopic (exact) mass is 317 g/mol. The second kappa shape index (κ2) is 7.25. The molecule has 3 aromatic rings. The number of rotatable bonds is 5. The van der Waals surface area contributed by atoms with Crippen LogP contribution < -0.4 is 0 Å². The Morgan fingerprint density at radius 1 is 1.21 bits per heavy atom. The van der Waals surface area contributed by atoms with Crippen molar-refractivity contribution in [2.45, 2.75) is 12.5 Å². The molecule has 0 unspecified atom stereocenters. The molecule has 0 aliphatic carbocycles. The van der Waals surface area contributed by atoms with Crippen LogP contribution in [0, 0.1) is 12.3 Å². The van der Waals surface area contributed by atoms with Crippen molar-refractivity contribution in [1.29, 1.82) is 0 Å². The van der Waals surface area contributed by atoms with Crippen LogP contribution in [-0.2, 0) is 11.2 Å². The zero-order valence-corrected chi connectivity index (χ0v) is 12.9. The molecule has 0 amide bonds. The van der Waals surface area contributed by atoms with Gasteiger partial charge in [0, 0.05) is 18.8 Å². The van der Waals surface area contributed by atoms with E-state index in [0.717, 1.165) is 5.56 Å². The molecule has 1 aromatic carbocycles. The molecule has 3 rings (SSSR count). The minimum atomic E-state index is -0.640. The quantitative estimate of drug-likeness (QED) is 0.536. The first kappa shape index (κ1) is 15.5. The summed E-state index contributed by atoms with van der Waals surface area (Å²) in [6.45, 7) is 0. The van der Waals surface area contributed by atoms with E-state index in [-0.39, 0.29) is 5.69 Å². The number of terminal acetylenes is 1. The molecule has 0 aliphatic heterocycles. The van der Waals surface area contributed by atoms with Crippen LogP contribution in [0.4, 0.5) is 0 Å². The maximum Gasteiger partial charge on any atom is 0.358 e. The smallest absolute Gasteiger partial charge is 0.358 e. The fraction of sp³-hybridized carbons (Fsp3) is 0.105. The Bertz CT molecular complexity index is 852. The summed E-state index contributed by atoms with van der Waals surface area (Å²) < 4.78 is 7.11. The lowest BCUT2D eigenvalue weighted by Crippen LogP contribution is -2.20. The first-order valence-corrected chi connectivity index (χ1v) is 7.42. The first-order chi connectivity index (χ1) is 11.8. The molecule has 24 heavy (non-hydrogen) atoms. The van der Waals surface area contributed by atoms with Gasteiger partial charge in [-0.1, -0.05) is 42.3 Å². The minimum Gasteiger partial charge on any atom is -0.444 e. The SMILES string of the molecule is C#C[C@H](Cc1ccccc1)OC(=O)c1cccc(-n2ccnc2)n1. The number of imidazole rings is 1. The molecule has 0 radical (unpaired) electrons. The van der Waals surface area contributed by atoms with Crippen LogP contribution >= 0.6 is 0 Å². The average molecular weight is 317 g/mol. The fourth-order valence-electron chi connectivity index (χ4n) is 2.23. The lowest BCUT2D eigenvalue weighted by molar-refractivity contribution is 0.0404.